The largest absolute Gasteiger partial charge is 0.268 e. The van der Waals surface area contributed by atoms with Crippen molar-refractivity contribution in [3.05, 3.63) is 94.0 Å². The number of rotatable bonds is 4. The Labute approximate surface area is 161 Å². The first-order chi connectivity index (χ1) is 13.1. The van der Waals surface area contributed by atoms with Crippen LogP contribution in [0.2, 0.25) is 0 Å². The SMILES string of the molecule is Cc1cccc(-n2c(SCc3cccnc3)nc3ccccc3c2=O)c1C. The third-order valence-electron chi connectivity index (χ3n) is 4.65. The highest BCUT2D eigenvalue weighted by Gasteiger charge is 2.15. The molecule has 0 spiro atoms. The highest BCUT2D eigenvalue weighted by molar-refractivity contribution is 7.98. The fraction of sp³-hybridized carbons (Fsp3) is 0.136. The summed E-state index contributed by atoms with van der Waals surface area (Å²) in [5, 5.41) is 1.32. The number of thioether (sulfide) groups is 1. The monoisotopic (exact) mass is 373 g/mol. The van der Waals surface area contributed by atoms with Crippen LogP contribution < -0.4 is 5.56 Å². The van der Waals surface area contributed by atoms with E-state index in [9.17, 15) is 4.79 Å². The van der Waals surface area contributed by atoms with Crippen LogP contribution in [0.1, 0.15) is 16.7 Å². The van der Waals surface area contributed by atoms with E-state index in [-0.39, 0.29) is 5.56 Å². The minimum absolute atomic E-state index is 0.0389. The molecule has 0 N–H and O–H groups in total. The molecule has 0 fully saturated rings. The molecule has 0 aliphatic carbocycles. The molecule has 2 aromatic carbocycles. The summed E-state index contributed by atoms with van der Waals surface area (Å²) in [7, 11) is 0. The van der Waals surface area contributed by atoms with E-state index in [1.54, 1.807) is 22.5 Å². The Morgan fingerprint density at radius 3 is 2.67 bits per heavy atom. The highest BCUT2D eigenvalue weighted by atomic mass is 32.2. The van der Waals surface area contributed by atoms with Crippen LogP contribution in [0.5, 0.6) is 0 Å². The fourth-order valence-corrected chi connectivity index (χ4v) is 3.97. The smallest absolute Gasteiger partial charge is 0.266 e. The number of nitrogens with zero attached hydrogens (tertiary/aromatic N) is 3. The normalized spacial score (nSPS) is 11.0. The molecule has 0 atom stereocenters. The molecular formula is C22H19N3OS. The topological polar surface area (TPSA) is 47.8 Å². The Balaban J connectivity index is 1.90. The number of benzene rings is 2. The average molecular weight is 373 g/mol. The predicted molar refractivity (Wildman–Crippen MR) is 111 cm³/mol. The van der Waals surface area contributed by atoms with Crippen LogP contribution in [0.25, 0.3) is 16.6 Å². The molecule has 0 amide bonds. The molecular weight excluding hydrogens is 354 g/mol. The zero-order valence-electron chi connectivity index (χ0n) is 15.2. The van der Waals surface area contributed by atoms with Gasteiger partial charge in [0.15, 0.2) is 5.16 Å². The Morgan fingerprint density at radius 2 is 1.85 bits per heavy atom. The first-order valence-corrected chi connectivity index (χ1v) is 9.74. The molecule has 4 aromatic rings. The molecule has 0 saturated carbocycles. The van der Waals surface area contributed by atoms with Crippen LogP contribution in [0, 0.1) is 13.8 Å². The molecule has 0 saturated heterocycles. The Kier molecular flexibility index (Phi) is 4.77. The highest BCUT2D eigenvalue weighted by Crippen LogP contribution is 2.26. The molecule has 4 nitrogen and oxygen atoms in total. The summed E-state index contributed by atoms with van der Waals surface area (Å²) < 4.78 is 1.74. The molecule has 27 heavy (non-hydrogen) atoms. The van der Waals surface area contributed by atoms with Crippen LogP contribution in [0.3, 0.4) is 0 Å². The lowest BCUT2D eigenvalue weighted by Gasteiger charge is -2.16. The first kappa shape index (κ1) is 17.5. The van der Waals surface area contributed by atoms with Crippen molar-refractivity contribution in [2.24, 2.45) is 0 Å². The predicted octanol–water partition coefficient (Wildman–Crippen LogP) is 4.69. The molecule has 2 heterocycles. The van der Waals surface area contributed by atoms with E-state index >= 15 is 0 Å². The summed E-state index contributed by atoms with van der Waals surface area (Å²) in [5.74, 6) is 0.698. The van der Waals surface area contributed by atoms with Crippen molar-refractivity contribution in [3.63, 3.8) is 0 Å². The van der Waals surface area contributed by atoms with E-state index in [0.29, 0.717) is 16.3 Å². The van der Waals surface area contributed by atoms with E-state index < -0.39 is 0 Å². The van der Waals surface area contributed by atoms with Gasteiger partial charge < -0.3 is 0 Å². The molecule has 5 heteroatoms. The Morgan fingerprint density at radius 1 is 1.00 bits per heavy atom. The maximum Gasteiger partial charge on any atom is 0.266 e. The van der Waals surface area contributed by atoms with E-state index in [4.69, 9.17) is 4.98 Å². The lowest BCUT2D eigenvalue weighted by Crippen LogP contribution is -2.22. The first-order valence-electron chi connectivity index (χ1n) is 8.75. The van der Waals surface area contributed by atoms with Crippen molar-refractivity contribution in [1.82, 2.24) is 14.5 Å². The van der Waals surface area contributed by atoms with Crippen LogP contribution in [-0.2, 0) is 5.75 Å². The molecule has 0 aliphatic heterocycles. The number of fused-ring (bicyclic) bond motifs is 1. The minimum atomic E-state index is -0.0389. The lowest BCUT2D eigenvalue weighted by atomic mass is 10.1. The van der Waals surface area contributed by atoms with Gasteiger partial charge in [-0.3, -0.25) is 14.3 Å². The van der Waals surface area contributed by atoms with Crippen molar-refractivity contribution >= 4 is 22.7 Å². The molecule has 0 radical (unpaired) electrons. The summed E-state index contributed by atoms with van der Waals surface area (Å²) in [5.41, 5.74) is 4.89. The molecule has 2 aromatic heterocycles. The van der Waals surface area contributed by atoms with Crippen LogP contribution in [0.15, 0.2) is 76.9 Å². The van der Waals surface area contributed by atoms with Gasteiger partial charge in [0, 0.05) is 18.1 Å². The van der Waals surface area contributed by atoms with Gasteiger partial charge in [0.1, 0.15) is 0 Å². The zero-order valence-corrected chi connectivity index (χ0v) is 16.0. The van der Waals surface area contributed by atoms with Crippen LogP contribution in [0.4, 0.5) is 0 Å². The second-order valence-corrected chi connectivity index (χ2v) is 7.36. The number of pyridine rings is 1. The van der Waals surface area contributed by atoms with Gasteiger partial charge in [0.05, 0.1) is 16.6 Å². The van der Waals surface area contributed by atoms with Gasteiger partial charge in [-0.15, -0.1) is 0 Å². The number of aryl methyl sites for hydroxylation is 1. The molecule has 4 rings (SSSR count). The summed E-state index contributed by atoms with van der Waals surface area (Å²) in [6, 6.07) is 17.5. The van der Waals surface area contributed by atoms with Crippen molar-refractivity contribution in [2.45, 2.75) is 24.8 Å². The number of para-hydroxylation sites is 1. The van der Waals surface area contributed by atoms with E-state index in [1.807, 2.05) is 61.7 Å². The zero-order chi connectivity index (χ0) is 18.8. The standard InChI is InChI=1S/C22H19N3OS/c1-15-7-5-11-20(16(15)2)25-21(26)18-9-3-4-10-19(18)24-22(25)27-14-17-8-6-12-23-13-17/h3-13H,14H2,1-2H3. The van der Waals surface area contributed by atoms with Crippen LogP contribution >= 0.6 is 11.8 Å². The summed E-state index contributed by atoms with van der Waals surface area (Å²) in [6.07, 6.45) is 3.60. The van der Waals surface area contributed by atoms with E-state index in [1.165, 1.54) is 0 Å². The van der Waals surface area contributed by atoms with Crippen molar-refractivity contribution in [1.29, 1.82) is 0 Å². The molecule has 0 aliphatic rings. The number of hydrogen-bond acceptors (Lipinski definition) is 4. The second kappa shape index (κ2) is 7.37. The summed E-state index contributed by atoms with van der Waals surface area (Å²) in [6.45, 7) is 4.10. The summed E-state index contributed by atoms with van der Waals surface area (Å²) >= 11 is 1.55. The number of hydrogen-bond donors (Lipinski definition) is 0. The third-order valence-corrected chi connectivity index (χ3v) is 5.66. The fourth-order valence-electron chi connectivity index (χ4n) is 3.03. The minimum Gasteiger partial charge on any atom is -0.268 e. The molecule has 0 bridgehead atoms. The van der Waals surface area contributed by atoms with Gasteiger partial charge in [-0.25, -0.2) is 4.98 Å². The van der Waals surface area contributed by atoms with Gasteiger partial charge in [0.25, 0.3) is 5.56 Å². The van der Waals surface area contributed by atoms with Gasteiger partial charge >= 0.3 is 0 Å². The Bertz CT molecular complexity index is 1170. The van der Waals surface area contributed by atoms with Gasteiger partial charge in [-0.1, -0.05) is 42.1 Å². The van der Waals surface area contributed by atoms with Gasteiger partial charge in [-0.05, 0) is 54.8 Å². The average Bonchev–Trinajstić information content (AvgIpc) is 2.70. The maximum absolute atomic E-state index is 13.3. The van der Waals surface area contributed by atoms with E-state index in [0.717, 1.165) is 27.9 Å². The number of aromatic nitrogens is 3. The molecule has 0 unspecified atom stereocenters. The quantitative estimate of drug-likeness (QED) is 0.385. The van der Waals surface area contributed by atoms with E-state index in [2.05, 4.69) is 18.0 Å². The van der Waals surface area contributed by atoms with Crippen molar-refractivity contribution in [2.75, 3.05) is 0 Å². The third kappa shape index (κ3) is 3.38. The van der Waals surface area contributed by atoms with Crippen LogP contribution in [-0.4, -0.2) is 14.5 Å². The molecule has 134 valence electrons. The Hall–Kier alpha value is -2.92. The lowest BCUT2D eigenvalue weighted by molar-refractivity contribution is 0.813. The van der Waals surface area contributed by atoms with Crippen molar-refractivity contribution < 1.29 is 0 Å². The maximum atomic E-state index is 13.3. The van der Waals surface area contributed by atoms with Gasteiger partial charge in [-0.2, -0.15) is 0 Å². The second-order valence-electron chi connectivity index (χ2n) is 6.42. The summed E-state index contributed by atoms with van der Waals surface area (Å²) in [4.78, 5) is 22.3. The van der Waals surface area contributed by atoms with Gasteiger partial charge in [0.2, 0.25) is 0 Å². The van der Waals surface area contributed by atoms with Crippen molar-refractivity contribution in [3.8, 4) is 5.69 Å².